The van der Waals surface area contributed by atoms with Gasteiger partial charge in [-0.1, -0.05) is 45.6 Å². The van der Waals surface area contributed by atoms with Crippen LogP contribution in [0.2, 0.25) is 0 Å². The molecule has 0 radical (unpaired) electrons. The van der Waals surface area contributed by atoms with E-state index in [4.69, 9.17) is 13.8 Å². The van der Waals surface area contributed by atoms with E-state index in [0.29, 0.717) is 17.4 Å². The quantitative estimate of drug-likeness (QED) is 0.0423. The summed E-state index contributed by atoms with van der Waals surface area (Å²) in [6.07, 6.45) is 10.2. The number of hydrogen-bond acceptors (Lipinski definition) is 8. The van der Waals surface area contributed by atoms with Crippen LogP contribution in [0.5, 0.6) is 0 Å². The summed E-state index contributed by atoms with van der Waals surface area (Å²) in [6.45, 7) is 3.02. The third-order valence-electron chi connectivity index (χ3n) is 4.92. The Hall–Kier alpha value is -0.860. The van der Waals surface area contributed by atoms with E-state index in [0.717, 1.165) is 56.3 Å². The zero-order valence-electron chi connectivity index (χ0n) is 22.3. The largest absolute Gasteiger partial charge is 0.862 e. The highest BCUT2D eigenvalue weighted by atomic mass is 32.7. The first-order valence-corrected chi connectivity index (χ1v) is 15.4. The van der Waals surface area contributed by atoms with Gasteiger partial charge in [-0.2, -0.15) is 0 Å². The van der Waals surface area contributed by atoms with Gasteiger partial charge in [-0.25, -0.2) is 4.57 Å². The number of allylic oxidation sites excluding steroid dienone is 1. The van der Waals surface area contributed by atoms with E-state index < -0.39 is 24.9 Å². The monoisotopic (exact) mass is 522 g/mol. The van der Waals surface area contributed by atoms with Crippen LogP contribution in [0.4, 0.5) is 0 Å². The molecule has 0 fully saturated rings. The first-order valence-electron chi connectivity index (χ1n) is 12.3. The number of ether oxygens (including phenoxy) is 1. The minimum absolute atomic E-state index is 0.159. The molecule has 0 bridgehead atoms. The molecule has 8 nitrogen and oxygen atoms in total. The fourth-order valence-corrected chi connectivity index (χ4v) is 5.86. The molecule has 3 atom stereocenters. The number of unbranched alkanes of at least 4 members (excludes halogenated alkanes) is 5. The number of rotatable bonds is 20. The minimum Gasteiger partial charge on any atom is -0.862 e. The normalized spacial score (nSPS) is 16.4. The highest BCUT2D eigenvalue weighted by molar-refractivity contribution is 8.55. The second-order valence-electron chi connectivity index (χ2n) is 9.32. The molecule has 0 rings (SSSR count). The number of carbonyl (C=O) groups excluding carboxylic acids is 1. The average molecular weight is 523 g/mol. The number of aliphatic imine (C=N–C) groups is 1. The van der Waals surface area contributed by atoms with Crippen molar-refractivity contribution in [3.05, 3.63) is 12.2 Å². The van der Waals surface area contributed by atoms with E-state index >= 15 is 0 Å². The predicted octanol–water partition coefficient (Wildman–Crippen LogP) is 4.97. The molecule has 0 amide bonds. The van der Waals surface area contributed by atoms with Gasteiger partial charge < -0.3 is 18.9 Å². The molecule has 0 saturated carbocycles. The van der Waals surface area contributed by atoms with Gasteiger partial charge in [0.2, 0.25) is 0 Å². The summed E-state index contributed by atoms with van der Waals surface area (Å²) in [5.41, 5.74) is 0. The molecule has 0 aromatic rings. The maximum absolute atomic E-state index is 13.1. The molecule has 0 aliphatic heterocycles. The minimum atomic E-state index is -3.45. The molecule has 200 valence electrons. The summed E-state index contributed by atoms with van der Waals surface area (Å²) in [7, 11) is 7.40. The lowest BCUT2D eigenvalue weighted by molar-refractivity contribution is -0.870. The zero-order chi connectivity index (χ0) is 26.0. The number of likely N-dealkylation sites (N-methyl/N-ethyl adjacent to an activating group) is 1. The van der Waals surface area contributed by atoms with Crippen LogP contribution in [0.25, 0.3) is 0 Å². The van der Waals surface area contributed by atoms with E-state index in [1.165, 1.54) is 14.0 Å². The van der Waals surface area contributed by atoms with Crippen LogP contribution >= 0.6 is 18.2 Å². The highest BCUT2D eigenvalue weighted by Gasteiger charge is 2.30. The van der Waals surface area contributed by atoms with Crippen molar-refractivity contribution in [1.82, 2.24) is 0 Å². The number of esters is 1. The smallest absolute Gasteiger partial charge is 0.389 e. The molecule has 0 aromatic carbocycles. The van der Waals surface area contributed by atoms with Gasteiger partial charge in [0, 0.05) is 19.8 Å². The summed E-state index contributed by atoms with van der Waals surface area (Å²) < 4.78 is 30.1. The van der Waals surface area contributed by atoms with Crippen LogP contribution < -0.4 is 5.11 Å². The maximum Gasteiger partial charge on any atom is 0.389 e. The molecule has 10 heteroatoms. The molecule has 0 aliphatic rings. The molecular weight excluding hydrogens is 475 g/mol. The van der Waals surface area contributed by atoms with Gasteiger partial charge in [-0.15, -0.1) is 0 Å². The third-order valence-corrected chi connectivity index (χ3v) is 8.84. The molecular formula is C24H47N2O6PS. The van der Waals surface area contributed by atoms with Crippen LogP contribution in [0.1, 0.15) is 72.1 Å². The predicted molar refractivity (Wildman–Crippen MR) is 140 cm³/mol. The second-order valence-corrected chi connectivity index (χ2v) is 13.5. The van der Waals surface area contributed by atoms with Crippen molar-refractivity contribution in [3.63, 3.8) is 0 Å². The summed E-state index contributed by atoms with van der Waals surface area (Å²) in [4.78, 5) is 16.1. The average Bonchev–Trinajstić information content (AvgIpc) is 2.74. The van der Waals surface area contributed by atoms with Gasteiger partial charge in [0.1, 0.15) is 19.3 Å². The van der Waals surface area contributed by atoms with Gasteiger partial charge in [0.05, 0.1) is 27.2 Å². The Balaban J connectivity index is 5.55. The Morgan fingerprint density at radius 2 is 1.79 bits per heavy atom. The Morgan fingerprint density at radius 1 is 1.15 bits per heavy atom. The Kier molecular flexibility index (Phi) is 17.9. The molecule has 0 saturated heterocycles. The molecule has 0 heterocycles. The van der Waals surface area contributed by atoms with Gasteiger partial charge in [-0.05, 0) is 49.0 Å². The zero-order valence-corrected chi connectivity index (χ0v) is 24.0. The molecule has 2 unspecified atom stereocenters. The Labute approximate surface area is 211 Å². The van der Waals surface area contributed by atoms with Crippen molar-refractivity contribution in [2.24, 2.45) is 4.99 Å². The SMILES string of the molecule is CCCCC/C=C/[C@@H](OC(C)=O)C(CSP(=O)(OC)OCC[N+](C)(C)C)N=C([O-])CCCCC. The molecule has 0 aromatic heterocycles. The van der Waals surface area contributed by atoms with Gasteiger partial charge in [0.15, 0.2) is 0 Å². The number of carbonyl (C=O) groups is 1. The molecule has 0 aliphatic carbocycles. The van der Waals surface area contributed by atoms with Gasteiger partial charge in [0.25, 0.3) is 0 Å². The summed E-state index contributed by atoms with van der Waals surface area (Å²) in [6, 6.07) is -0.684. The van der Waals surface area contributed by atoms with Crippen LogP contribution in [0.15, 0.2) is 17.1 Å². The van der Waals surface area contributed by atoms with Crippen molar-refractivity contribution < 1.29 is 32.7 Å². The Bertz CT molecular complexity index is 666. The van der Waals surface area contributed by atoms with Gasteiger partial charge in [-0.3, -0.25) is 14.3 Å². The van der Waals surface area contributed by atoms with Gasteiger partial charge >= 0.3 is 12.8 Å². The Morgan fingerprint density at radius 3 is 2.35 bits per heavy atom. The fourth-order valence-electron chi connectivity index (χ4n) is 2.90. The number of quaternary nitrogens is 1. The molecule has 34 heavy (non-hydrogen) atoms. The van der Waals surface area contributed by atoms with E-state index in [-0.39, 0.29) is 18.3 Å². The lowest BCUT2D eigenvalue weighted by Gasteiger charge is -2.26. The van der Waals surface area contributed by atoms with Crippen molar-refractivity contribution >= 4 is 30.0 Å². The van der Waals surface area contributed by atoms with Crippen molar-refractivity contribution in [2.45, 2.75) is 84.3 Å². The second kappa shape index (κ2) is 18.4. The number of nitrogens with zero attached hydrogens (tertiary/aromatic N) is 2. The van der Waals surface area contributed by atoms with Crippen molar-refractivity contribution in [1.29, 1.82) is 0 Å². The van der Waals surface area contributed by atoms with E-state index in [2.05, 4.69) is 18.8 Å². The molecule has 0 spiro atoms. The van der Waals surface area contributed by atoms with Crippen LogP contribution in [0, 0.1) is 0 Å². The fraction of sp³-hybridized carbons (Fsp3) is 0.833. The van der Waals surface area contributed by atoms with Crippen molar-refractivity contribution in [2.75, 3.05) is 47.2 Å². The number of hydrogen-bond donors (Lipinski definition) is 0. The summed E-state index contributed by atoms with van der Waals surface area (Å²) in [5, 5.41) is 12.5. The summed E-state index contributed by atoms with van der Waals surface area (Å²) in [5.74, 6) is -0.540. The van der Waals surface area contributed by atoms with E-state index in [1.807, 2.05) is 27.2 Å². The topological polar surface area (TPSA) is 97.3 Å². The van der Waals surface area contributed by atoms with Crippen LogP contribution in [-0.2, 0) is 23.1 Å². The highest BCUT2D eigenvalue weighted by Crippen LogP contribution is 2.60. The van der Waals surface area contributed by atoms with E-state index in [9.17, 15) is 14.5 Å². The standard InChI is InChI=1S/C24H47N2O6PS/c1-8-10-12-13-15-16-23(32-21(3)27)22(25-24(28)17-14-11-9-2)20-34-33(29,30-7)31-19-18-26(4,5)6/h15-16,22-23H,8-14,17-20H2,1-7H3/b16-15+/t22?,23-,33?/m1/s1. The first kappa shape index (κ1) is 33.1. The lowest BCUT2D eigenvalue weighted by atomic mass is 10.1. The van der Waals surface area contributed by atoms with Crippen LogP contribution in [0.3, 0.4) is 0 Å². The van der Waals surface area contributed by atoms with E-state index in [1.54, 1.807) is 6.08 Å². The first-order chi connectivity index (χ1) is 16.0. The maximum atomic E-state index is 13.1. The van der Waals surface area contributed by atoms with Crippen molar-refractivity contribution in [3.8, 4) is 0 Å². The molecule has 0 N–H and O–H groups in total. The lowest BCUT2D eigenvalue weighted by Crippen LogP contribution is -2.37. The van der Waals surface area contributed by atoms with Crippen LogP contribution in [-0.4, -0.2) is 75.7 Å². The summed E-state index contributed by atoms with van der Waals surface area (Å²) >= 11 is 0.989. The third kappa shape index (κ3) is 17.6.